The summed E-state index contributed by atoms with van der Waals surface area (Å²) in [6.07, 6.45) is 9.32. The molecule has 0 unspecified atom stereocenters. The Bertz CT molecular complexity index is 268. The molecule has 0 heterocycles. The summed E-state index contributed by atoms with van der Waals surface area (Å²) in [5.41, 5.74) is 5.63. The molecule has 0 aromatic heterocycles. The van der Waals surface area contributed by atoms with Crippen molar-refractivity contribution in [2.24, 2.45) is 5.73 Å². The molecule has 0 radical (unpaired) electrons. The lowest BCUT2D eigenvalue weighted by Gasteiger charge is -2.35. The van der Waals surface area contributed by atoms with E-state index < -0.39 is 5.54 Å². The van der Waals surface area contributed by atoms with Crippen LogP contribution in [-0.4, -0.2) is 29.0 Å². The molecule has 1 fully saturated rings. The minimum atomic E-state index is -0.607. The molecule has 0 saturated heterocycles. The number of hydrogen-bond acceptors (Lipinski definition) is 3. The van der Waals surface area contributed by atoms with Crippen molar-refractivity contribution in [1.82, 2.24) is 5.32 Å². The van der Waals surface area contributed by atoms with Gasteiger partial charge in [-0.25, -0.2) is 0 Å². The van der Waals surface area contributed by atoms with Crippen molar-refractivity contribution in [3.63, 3.8) is 0 Å². The second kappa shape index (κ2) is 8.38. The third-order valence-electron chi connectivity index (χ3n) is 4.49. The maximum atomic E-state index is 12.3. The number of carbonyl (C=O) groups excluding carboxylic acids is 1. The van der Waals surface area contributed by atoms with E-state index in [0.29, 0.717) is 0 Å². The van der Waals surface area contributed by atoms with Gasteiger partial charge in [-0.1, -0.05) is 33.1 Å². The molecule has 0 aromatic rings. The van der Waals surface area contributed by atoms with Gasteiger partial charge >= 0.3 is 0 Å². The Morgan fingerprint density at radius 3 is 2.21 bits per heavy atom. The van der Waals surface area contributed by atoms with Gasteiger partial charge in [0, 0.05) is 11.3 Å². The zero-order valence-electron chi connectivity index (χ0n) is 12.5. The van der Waals surface area contributed by atoms with E-state index in [9.17, 15) is 4.79 Å². The number of rotatable bonds is 6. The summed E-state index contributed by atoms with van der Waals surface area (Å²) < 4.78 is 0.167. The summed E-state index contributed by atoms with van der Waals surface area (Å²) in [5.74, 6) is 0.0579. The number of nitrogens with two attached hydrogens (primary N) is 1. The van der Waals surface area contributed by atoms with Crippen LogP contribution in [0.4, 0.5) is 0 Å². The van der Waals surface area contributed by atoms with Crippen LogP contribution < -0.4 is 11.1 Å². The van der Waals surface area contributed by atoms with Gasteiger partial charge in [0.25, 0.3) is 0 Å². The Morgan fingerprint density at radius 1 is 1.26 bits per heavy atom. The zero-order chi connectivity index (χ0) is 13.6. The van der Waals surface area contributed by atoms with E-state index in [1.54, 1.807) is 0 Å². The summed E-state index contributed by atoms with van der Waals surface area (Å²) in [4.78, 5) is 12.3. The summed E-state index contributed by atoms with van der Waals surface area (Å²) in [6.45, 7) is 5.11. The quantitative estimate of drug-likeness (QED) is 0.792. The van der Waals surface area contributed by atoms with E-state index >= 15 is 0 Å². The van der Waals surface area contributed by atoms with E-state index in [4.69, 9.17) is 5.73 Å². The molecule has 5 heteroatoms. The van der Waals surface area contributed by atoms with Crippen LogP contribution in [0.3, 0.4) is 0 Å². The van der Waals surface area contributed by atoms with E-state index in [1.165, 1.54) is 6.42 Å². The van der Waals surface area contributed by atoms with Crippen LogP contribution in [0.15, 0.2) is 0 Å². The second-order valence-corrected chi connectivity index (χ2v) is 6.77. The first-order valence-electron chi connectivity index (χ1n) is 7.14. The largest absolute Gasteiger partial charge is 0.353 e. The van der Waals surface area contributed by atoms with Crippen molar-refractivity contribution in [2.45, 2.75) is 69.1 Å². The number of nitrogens with one attached hydrogen (secondary N) is 1. The molecule has 0 spiro atoms. The van der Waals surface area contributed by atoms with Crippen LogP contribution in [0.2, 0.25) is 0 Å². The summed E-state index contributed by atoms with van der Waals surface area (Å²) in [7, 11) is 0. The van der Waals surface area contributed by atoms with Crippen molar-refractivity contribution < 1.29 is 4.79 Å². The molecule has 1 aliphatic rings. The lowest BCUT2D eigenvalue weighted by molar-refractivity contribution is -0.127. The molecule has 19 heavy (non-hydrogen) atoms. The molecule has 0 aromatic carbocycles. The minimum absolute atomic E-state index is 0. The standard InChI is InChI=1S/C14H28N2OS.ClH/c1-4-13(5-2,18-3)11-16-12(17)14(15)9-7-6-8-10-14;/h4-11,15H2,1-3H3,(H,16,17);1H. The Morgan fingerprint density at radius 2 is 1.79 bits per heavy atom. The molecular weight excluding hydrogens is 280 g/mol. The Kier molecular flexibility index (Phi) is 8.41. The van der Waals surface area contributed by atoms with Crippen molar-refractivity contribution in [3.05, 3.63) is 0 Å². The van der Waals surface area contributed by atoms with Gasteiger partial charge in [0.2, 0.25) is 5.91 Å². The molecule has 1 aliphatic carbocycles. The third-order valence-corrected chi connectivity index (χ3v) is 6.08. The lowest BCUT2D eigenvalue weighted by atomic mass is 9.82. The fraction of sp³-hybridized carbons (Fsp3) is 0.929. The van der Waals surface area contributed by atoms with E-state index in [0.717, 1.165) is 45.1 Å². The zero-order valence-corrected chi connectivity index (χ0v) is 14.1. The first kappa shape index (κ1) is 19.1. The predicted molar refractivity (Wildman–Crippen MR) is 87.1 cm³/mol. The number of carbonyl (C=O) groups is 1. The van der Waals surface area contributed by atoms with E-state index in [2.05, 4.69) is 25.4 Å². The average Bonchev–Trinajstić information content (AvgIpc) is 2.41. The first-order chi connectivity index (χ1) is 8.52. The van der Waals surface area contributed by atoms with Crippen LogP contribution in [0, 0.1) is 0 Å². The van der Waals surface area contributed by atoms with Crippen molar-refractivity contribution in [2.75, 3.05) is 12.8 Å². The van der Waals surface area contributed by atoms with E-state index in [-0.39, 0.29) is 23.1 Å². The normalized spacial score (nSPS) is 18.5. The van der Waals surface area contributed by atoms with Crippen molar-refractivity contribution in [1.29, 1.82) is 0 Å². The van der Waals surface area contributed by atoms with Gasteiger partial charge in [0.15, 0.2) is 0 Å². The third kappa shape index (κ3) is 4.83. The Balaban J connectivity index is 0.00000324. The highest BCUT2D eigenvalue weighted by molar-refractivity contribution is 8.00. The molecule has 0 bridgehead atoms. The molecular formula is C14H29ClN2OS. The van der Waals surface area contributed by atoms with Crippen molar-refractivity contribution in [3.8, 4) is 0 Å². The minimum Gasteiger partial charge on any atom is -0.353 e. The summed E-state index contributed by atoms with van der Waals surface area (Å²) in [5, 5.41) is 3.10. The summed E-state index contributed by atoms with van der Waals surface area (Å²) >= 11 is 1.85. The fourth-order valence-electron chi connectivity index (χ4n) is 2.69. The van der Waals surface area contributed by atoms with E-state index in [1.807, 2.05) is 11.8 Å². The number of thioether (sulfide) groups is 1. The van der Waals surface area contributed by atoms with Gasteiger partial charge in [-0.2, -0.15) is 11.8 Å². The predicted octanol–water partition coefficient (Wildman–Crippen LogP) is 3.11. The van der Waals surface area contributed by atoms with Gasteiger partial charge in [-0.3, -0.25) is 4.79 Å². The number of amides is 1. The second-order valence-electron chi connectivity index (χ2n) is 5.49. The number of hydrogen-bond donors (Lipinski definition) is 2. The fourth-order valence-corrected chi connectivity index (χ4v) is 3.48. The van der Waals surface area contributed by atoms with Gasteiger partial charge in [0.1, 0.15) is 0 Å². The van der Waals surface area contributed by atoms with Gasteiger partial charge in [0.05, 0.1) is 5.54 Å². The van der Waals surface area contributed by atoms with Crippen molar-refractivity contribution >= 4 is 30.1 Å². The van der Waals surface area contributed by atoms with Crippen LogP contribution in [0.1, 0.15) is 58.8 Å². The first-order valence-corrected chi connectivity index (χ1v) is 8.37. The molecule has 114 valence electrons. The summed E-state index contributed by atoms with van der Waals surface area (Å²) in [6, 6.07) is 0. The maximum absolute atomic E-state index is 12.3. The highest BCUT2D eigenvalue weighted by Gasteiger charge is 2.36. The van der Waals surface area contributed by atoms with Crippen LogP contribution in [0.5, 0.6) is 0 Å². The molecule has 1 saturated carbocycles. The SMILES string of the molecule is CCC(CC)(CNC(=O)C1(N)CCCCC1)SC.Cl. The molecule has 3 N–H and O–H groups in total. The average molecular weight is 309 g/mol. The Labute approximate surface area is 128 Å². The molecule has 0 atom stereocenters. The molecule has 1 amide bonds. The smallest absolute Gasteiger partial charge is 0.240 e. The molecule has 1 rings (SSSR count). The molecule has 0 aliphatic heterocycles. The molecule has 3 nitrogen and oxygen atoms in total. The van der Waals surface area contributed by atoms with Crippen LogP contribution in [-0.2, 0) is 4.79 Å². The lowest BCUT2D eigenvalue weighted by Crippen LogP contribution is -2.57. The maximum Gasteiger partial charge on any atom is 0.240 e. The number of halogens is 1. The highest BCUT2D eigenvalue weighted by atomic mass is 35.5. The highest BCUT2D eigenvalue weighted by Crippen LogP contribution is 2.30. The Hall–Kier alpha value is 0.0700. The van der Waals surface area contributed by atoms with Crippen LogP contribution >= 0.6 is 24.2 Å². The van der Waals surface area contributed by atoms with Gasteiger partial charge in [-0.05, 0) is 31.9 Å². The monoisotopic (exact) mass is 308 g/mol. The van der Waals surface area contributed by atoms with Gasteiger partial charge < -0.3 is 11.1 Å². The van der Waals surface area contributed by atoms with Crippen LogP contribution in [0.25, 0.3) is 0 Å². The topological polar surface area (TPSA) is 55.1 Å². The van der Waals surface area contributed by atoms with Gasteiger partial charge in [-0.15, -0.1) is 12.4 Å².